The average Bonchev–Trinajstić information content (AvgIpc) is 3.20. The fraction of sp³-hybridized carbons (Fsp3) is 0.188. The molecule has 3 aromatic heterocycles. The molecule has 8 nitrogen and oxygen atoms in total. The van der Waals surface area contributed by atoms with E-state index in [1.54, 1.807) is 26.1 Å². The highest BCUT2D eigenvalue weighted by Gasteiger charge is 2.13. The summed E-state index contributed by atoms with van der Waals surface area (Å²) in [6.07, 6.45) is 2.87. The van der Waals surface area contributed by atoms with Gasteiger partial charge in [-0.2, -0.15) is 10.1 Å². The standard InChI is InChI=1S/C16H13FN6O2/c1-9-3-4-10(5-12(9)17)14-20-13(25-21-14)7-23-8-18-15-11(16(23)24)6-19-22(15)2/h3-6,8H,7H2,1-2H3. The largest absolute Gasteiger partial charge is 0.337 e. The van der Waals surface area contributed by atoms with Crippen LogP contribution in [0.5, 0.6) is 0 Å². The van der Waals surface area contributed by atoms with E-state index in [1.165, 1.54) is 27.8 Å². The summed E-state index contributed by atoms with van der Waals surface area (Å²) in [4.78, 5) is 20.9. The van der Waals surface area contributed by atoms with E-state index >= 15 is 0 Å². The van der Waals surface area contributed by atoms with Crippen molar-refractivity contribution in [2.24, 2.45) is 7.05 Å². The van der Waals surface area contributed by atoms with Crippen LogP contribution in [0.1, 0.15) is 11.5 Å². The van der Waals surface area contributed by atoms with E-state index in [9.17, 15) is 9.18 Å². The highest BCUT2D eigenvalue weighted by atomic mass is 19.1. The van der Waals surface area contributed by atoms with Crippen LogP contribution in [0.15, 0.2) is 40.0 Å². The lowest BCUT2D eigenvalue weighted by Crippen LogP contribution is -2.21. The highest BCUT2D eigenvalue weighted by Crippen LogP contribution is 2.19. The lowest BCUT2D eigenvalue weighted by Gasteiger charge is -2.01. The molecule has 1 aromatic carbocycles. The summed E-state index contributed by atoms with van der Waals surface area (Å²) < 4.78 is 21.7. The molecule has 0 aliphatic heterocycles. The van der Waals surface area contributed by atoms with Crippen LogP contribution in [0.4, 0.5) is 4.39 Å². The molecule has 0 bridgehead atoms. The minimum Gasteiger partial charge on any atom is -0.337 e. The second-order valence-corrected chi connectivity index (χ2v) is 5.66. The van der Waals surface area contributed by atoms with E-state index in [0.29, 0.717) is 22.2 Å². The number of halogens is 1. The zero-order valence-corrected chi connectivity index (χ0v) is 13.5. The van der Waals surface area contributed by atoms with Crippen LogP contribution in [0.25, 0.3) is 22.4 Å². The van der Waals surface area contributed by atoms with Crippen LogP contribution in [0, 0.1) is 12.7 Å². The third-order valence-electron chi connectivity index (χ3n) is 3.92. The van der Waals surface area contributed by atoms with Crippen molar-refractivity contribution in [3.8, 4) is 11.4 Å². The van der Waals surface area contributed by atoms with Crippen molar-refractivity contribution >= 4 is 11.0 Å². The summed E-state index contributed by atoms with van der Waals surface area (Å²) in [5.74, 6) is 0.145. The Morgan fingerprint density at radius 1 is 1.32 bits per heavy atom. The number of fused-ring (bicyclic) bond motifs is 1. The SMILES string of the molecule is Cc1ccc(-c2noc(Cn3cnc4c(cnn4C)c3=O)n2)cc1F. The molecule has 0 saturated carbocycles. The maximum Gasteiger partial charge on any atom is 0.264 e. The molecule has 0 saturated heterocycles. The summed E-state index contributed by atoms with van der Waals surface area (Å²) >= 11 is 0. The van der Waals surface area contributed by atoms with Gasteiger partial charge in [0.05, 0.1) is 6.20 Å². The molecule has 4 rings (SSSR count). The maximum absolute atomic E-state index is 13.7. The Bertz CT molecular complexity index is 1140. The fourth-order valence-corrected chi connectivity index (χ4v) is 2.49. The maximum atomic E-state index is 13.7. The lowest BCUT2D eigenvalue weighted by molar-refractivity contribution is 0.369. The van der Waals surface area contributed by atoms with Crippen molar-refractivity contribution in [1.82, 2.24) is 29.5 Å². The topological polar surface area (TPSA) is 91.6 Å². The minimum absolute atomic E-state index is 0.0675. The van der Waals surface area contributed by atoms with Gasteiger partial charge in [0, 0.05) is 12.6 Å². The first-order valence-electron chi connectivity index (χ1n) is 7.49. The molecular formula is C16H13FN6O2. The predicted molar refractivity (Wildman–Crippen MR) is 86.3 cm³/mol. The van der Waals surface area contributed by atoms with Crippen molar-refractivity contribution < 1.29 is 8.91 Å². The molecule has 0 N–H and O–H groups in total. The van der Waals surface area contributed by atoms with E-state index in [4.69, 9.17) is 4.52 Å². The normalized spacial score (nSPS) is 11.3. The van der Waals surface area contributed by atoms with Gasteiger partial charge in [-0.1, -0.05) is 17.3 Å². The molecule has 0 fully saturated rings. The van der Waals surface area contributed by atoms with Crippen molar-refractivity contribution in [2.45, 2.75) is 13.5 Å². The van der Waals surface area contributed by atoms with E-state index in [2.05, 4.69) is 20.2 Å². The summed E-state index contributed by atoms with van der Waals surface area (Å²) in [6.45, 7) is 1.74. The van der Waals surface area contributed by atoms with Crippen LogP contribution in [-0.2, 0) is 13.6 Å². The highest BCUT2D eigenvalue weighted by molar-refractivity contribution is 5.72. The second-order valence-electron chi connectivity index (χ2n) is 5.66. The van der Waals surface area contributed by atoms with E-state index in [1.807, 2.05) is 0 Å². The Balaban J connectivity index is 1.66. The van der Waals surface area contributed by atoms with Gasteiger partial charge in [-0.25, -0.2) is 9.37 Å². The van der Waals surface area contributed by atoms with E-state index < -0.39 is 0 Å². The summed E-state index contributed by atoms with van der Waals surface area (Å²) in [5, 5.41) is 8.27. The number of hydrogen-bond acceptors (Lipinski definition) is 6. The number of aryl methyl sites for hydroxylation is 2. The van der Waals surface area contributed by atoms with Gasteiger partial charge < -0.3 is 4.52 Å². The third-order valence-corrected chi connectivity index (χ3v) is 3.92. The van der Waals surface area contributed by atoms with Gasteiger partial charge in [-0.05, 0) is 18.6 Å². The molecule has 0 aliphatic carbocycles. The Labute approximate surface area is 140 Å². The number of benzene rings is 1. The molecule has 0 radical (unpaired) electrons. The van der Waals surface area contributed by atoms with Gasteiger partial charge in [-0.15, -0.1) is 0 Å². The number of hydrogen-bond donors (Lipinski definition) is 0. The van der Waals surface area contributed by atoms with Crippen molar-refractivity contribution in [3.05, 3.63) is 58.3 Å². The summed E-state index contributed by atoms with van der Waals surface area (Å²) in [5.41, 5.74) is 1.29. The Kier molecular flexibility index (Phi) is 3.41. The fourth-order valence-electron chi connectivity index (χ4n) is 2.49. The van der Waals surface area contributed by atoms with Crippen molar-refractivity contribution in [1.29, 1.82) is 0 Å². The zero-order chi connectivity index (χ0) is 17.6. The first-order valence-corrected chi connectivity index (χ1v) is 7.49. The molecule has 0 aliphatic rings. The van der Waals surface area contributed by atoms with Gasteiger partial charge in [0.1, 0.15) is 24.1 Å². The van der Waals surface area contributed by atoms with Crippen LogP contribution < -0.4 is 5.56 Å². The first-order chi connectivity index (χ1) is 12.0. The number of aromatic nitrogens is 6. The van der Waals surface area contributed by atoms with Gasteiger partial charge >= 0.3 is 0 Å². The van der Waals surface area contributed by atoms with Crippen molar-refractivity contribution in [2.75, 3.05) is 0 Å². The Morgan fingerprint density at radius 3 is 2.96 bits per heavy atom. The number of nitrogens with zero attached hydrogens (tertiary/aromatic N) is 6. The monoisotopic (exact) mass is 340 g/mol. The van der Waals surface area contributed by atoms with Crippen molar-refractivity contribution in [3.63, 3.8) is 0 Å². The zero-order valence-electron chi connectivity index (χ0n) is 13.5. The molecule has 0 atom stereocenters. The van der Waals surface area contributed by atoms with Gasteiger partial charge in [0.25, 0.3) is 5.56 Å². The first kappa shape index (κ1) is 15.2. The minimum atomic E-state index is -0.341. The molecular weight excluding hydrogens is 327 g/mol. The van der Waals surface area contributed by atoms with Crippen LogP contribution in [-0.4, -0.2) is 29.5 Å². The quantitative estimate of drug-likeness (QED) is 0.563. The predicted octanol–water partition coefficient (Wildman–Crippen LogP) is 1.68. The molecule has 126 valence electrons. The Morgan fingerprint density at radius 2 is 2.16 bits per heavy atom. The molecule has 9 heteroatoms. The van der Waals surface area contributed by atoms with Gasteiger partial charge in [-0.3, -0.25) is 14.0 Å². The second kappa shape index (κ2) is 5.62. The lowest BCUT2D eigenvalue weighted by atomic mass is 10.1. The molecule has 0 unspecified atom stereocenters. The van der Waals surface area contributed by atoms with Crippen LogP contribution in [0.3, 0.4) is 0 Å². The summed E-state index contributed by atoms with van der Waals surface area (Å²) in [6, 6.07) is 4.70. The summed E-state index contributed by atoms with van der Waals surface area (Å²) in [7, 11) is 1.71. The number of rotatable bonds is 3. The average molecular weight is 340 g/mol. The molecule has 25 heavy (non-hydrogen) atoms. The molecule has 0 amide bonds. The van der Waals surface area contributed by atoms with Crippen LogP contribution in [0.2, 0.25) is 0 Å². The smallest absolute Gasteiger partial charge is 0.264 e. The van der Waals surface area contributed by atoms with Gasteiger partial charge in [0.2, 0.25) is 11.7 Å². The molecule has 0 spiro atoms. The Hall–Kier alpha value is -3.36. The molecule has 4 aromatic rings. The van der Waals surface area contributed by atoms with E-state index in [0.717, 1.165) is 0 Å². The van der Waals surface area contributed by atoms with E-state index in [-0.39, 0.29) is 29.6 Å². The van der Waals surface area contributed by atoms with Gasteiger partial charge in [0.15, 0.2) is 5.65 Å². The van der Waals surface area contributed by atoms with Crippen LogP contribution >= 0.6 is 0 Å². The molecule has 3 heterocycles. The third kappa shape index (κ3) is 2.59.